The molecule has 1 aliphatic heterocycles. The van der Waals surface area contributed by atoms with Crippen LogP contribution in [-0.4, -0.2) is 35.5 Å². The molecule has 0 bridgehead atoms. The maximum atomic E-state index is 10.5. The number of aliphatic hydroxyl groups excluding tert-OH is 1. The summed E-state index contributed by atoms with van der Waals surface area (Å²) in [6.07, 6.45) is 9.91. The fraction of sp³-hybridized carbons (Fsp3) is 0.500. The largest absolute Gasteiger partial charge is 0.478 e. The zero-order valence-electron chi connectivity index (χ0n) is 15.5. The molecule has 4 nitrogen and oxygen atoms in total. The lowest BCUT2D eigenvalue weighted by Crippen LogP contribution is -2.19. The van der Waals surface area contributed by atoms with Gasteiger partial charge in [-0.25, -0.2) is 4.79 Å². The number of ether oxygens (including phenoxy) is 1. The Labute approximate surface area is 156 Å². The van der Waals surface area contributed by atoms with E-state index in [1.165, 1.54) is 11.6 Å². The van der Waals surface area contributed by atoms with Gasteiger partial charge in [-0.05, 0) is 43.1 Å². The fourth-order valence-corrected chi connectivity index (χ4v) is 3.45. The quantitative estimate of drug-likeness (QED) is 0.487. The van der Waals surface area contributed by atoms with Gasteiger partial charge in [-0.2, -0.15) is 0 Å². The number of carboxylic acid groups (broad SMARTS) is 1. The number of hydrogen-bond donors (Lipinski definition) is 2. The predicted molar refractivity (Wildman–Crippen MR) is 103 cm³/mol. The van der Waals surface area contributed by atoms with Crippen LogP contribution in [0.25, 0.3) is 0 Å². The van der Waals surface area contributed by atoms with Gasteiger partial charge in [0.1, 0.15) is 0 Å². The number of benzene rings is 1. The van der Waals surface area contributed by atoms with E-state index in [0.717, 1.165) is 32.5 Å². The van der Waals surface area contributed by atoms with Crippen LogP contribution in [0.5, 0.6) is 0 Å². The van der Waals surface area contributed by atoms with Gasteiger partial charge in [0, 0.05) is 18.6 Å². The zero-order valence-corrected chi connectivity index (χ0v) is 15.5. The second kappa shape index (κ2) is 10.9. The number of rotatable bonds is 10. The minimum Gasteiger partial charge on any atom is -0.478 e. The lowest BCUT2D eigenvalue weighted by molar-refractivity contribution is -0.131. The van der Waals surface area contributed by atoms with Crippen LogP contribution < -0.4 is 0 Å². The first-order valence-electron chi connectivity index (χ1n) is 9.43. The highest BCUT2D eigenvalue weighted by atomic mass is 16.5. The van der Waals surface area contributed by atoms with Crippen LogP contribution in [0.4, 0.5) is 0 Å². The first-order chi connectivity index (χ1) is 12.6. The van der Waals surface area contributed by atoms with E-state index in [9.17, 15) is 9.90 Å². The fourth-order valence-electron chi connectivity index (χ4n) is 3.45. The van der Waals surface area contributed by atoms with E-state index in [1.807, 2.05) is 24.3 Å². The summed E-state index contributed by atoms with van der Waals surface area (Å²) in [5.74, 6) is 0.185. The molecule has 2 N–H and O–H groups in total. The maximum absolute atomic E-state index is 10.5. The molecule has 2 rings (SSSR count). The monoisotopic (exact) mass is 358 g/mol. The van der Waals surface area contributed by atoms with Crippen LogP contribution in [0, 0.1) is 11.8 Å². The van der Waals surface area contributed by atoms with Crippen LogP contribution in [0.2, 0.25) is 0 Å². The third kappa shape index (κ3) is 6.77. The standard InChI is InChI=1S/C22H30O4/c1-17(18-9-6-4-7-10-18)21(23)14-13-20-16-26-15-19(20)11-5-2-3-8-12-22(24)25/h2,4-10,12,17,19-21,23H,3,11,13-16H2,1H3,(H,24,25)/t17?,19-,20+,21?/m1/s1. The Bertz CT molecular complexity index is 593. The summed E-state index contributed by atoms with van der Waals surface area (Å²) in [7, 11) is 0. The summed E-state index contributed by atoms with van der Waals surface area (Å²) in [5.41, 5.74) is 1.18. The molecule has 0 amide bonds. The Morgan fingerprint density at radius 3 is 2.65 bits per heavy atom. The van der Waals surface area contributed by atoms with E-state index >= 15 is 0 Å². The molecule has 2 unspecified atom stereocenters. The molecule has 1 aromatic carbocycles. The molecule has 1 saturated heterocycles. The first-order valence-corrected chi connectivity index (χ1v) is 9.43. The lowest BCUT2D eigenvalue weighted by atomic mass is 9.85. The summed E-state index contributed by atoms with van der Waals surface area (Å²) in [5, 5.41) is 19.1. The molecule has 4 atom stereocenters. The average molecular weight is 358 g/mol. The Balaban J connectivity index is 1.74. The highest BCUT2D eigenvalue weighted by molar-refractivity contribution is 5.79. The summed E-state index contributed by atoms with van der Waals surface area (Å²) >= 11 is 0. The number of hydrogen-bond acceptors (Lipinski definition) is 3. The van der Waals surface area contributed by atoms with E-state index in [0.29, 0.717) is 18.3 Å². The summed E-state index contributed by atoms with van der Waals surface area (Å²) in [6, 6.07) is 10.2. The van der Waals surface area contributed by atoms with E-state index in [-0.39, 0.29) is 12.0 Å². The smallest absolute Gasteiger partial charge is 0.327 e. The molecule has 0 radical (unpaired) electrons. The number of carbonyl (C=O) groups is 1. The van der Waals surface area contributed by atoms with Gasteiger partial charge in [0.05, 0.1) is 12.7 Å². The second-order valence-electron chi connectivity index (χ2n) is 7.09. The van der Waals surface area contributed by atoms with Crippen molar-refractivity contribution in [3.8, 4) is 0 Å². The molecule has 4 heteroatoms. The predicted octanol–water partition coefficient (Wildman–Crippen LogP) is 4.17. The Hall–Kier alpha value is -1.91. The van der Waals surface area contributed by atoms with Crippen molar-refractivity contribution in [3.63, 3.8) is 0 Å². The topological polar surface area (TPSA) is 66.8 Å². The molecule has 1 heterocycles. The molecule has 1 aromatic rings. The molecule has 0 aromatic heterocycles. The third-order valence-electron chi connectivity index (χ3n) is 5.20. The van der Waals surface area contributed by atoms with Gasteiger partial charge in [-0.15, -0.1) is 0 Å². The highest BCUT2D eigenvalue weighted by Crippen LogP contribution is 2.31. The molecule has 1 fully saturated rings. The van der Waals surface area contributed by atoms with Crippen molar-refractivity contribution in [1.29, 1.82) is 0 Å². The Kier molecular flexibility index (Phi) is 8.59. The summed E-state index contributed by atoms with van der Waals surface area (Å²) in [4.78, 5) is 10.4. The van der Waals surface area contributed by atoms with Crippen molar-refractivity contribution in [3.05, 3.63) is 60.2 Å². The van der Waals surface area contributed by atoms with E-state index in [4.69, 9.17) is 9.84 Å². The first kappa shape index (κ1) is 20.4. The van der Waals surface area contributed by atoms with Crippen molar-refractivity contribution in [2.75, 3.05) is 13.2 Å². The molecular formula is C22H30O4. The van der Waals surface area contributed by atoms with Crippen molar-refractivity contribution in [2.45, 2.75) is 44.6 Å². The van der Waals surface area contributed by atoms with Gasteiger partial charge in [0.2, 0.25) is 0 Å². The van der Waals surface area contributed by atoms with Gasteiger partial charge in [0.15, 0.2) is 0 Å². The molecule has 26 heavy (non-hydrogen) atoms. The van der Waals surface area contributed by atoms with Gasteiger partial charge in [-0.1, -0.05) is 55.5 Å². The normalized spacial score (nSPS) is 22.8. The van der Waals surface area contributed by atoms with Crippen LogP contribution in [0.3, 0.4) is 0 Å². The van der Waals surface area contributed by atoms with E-state index in [2.05, 4.69) is 25.1 Å². The average Bonchev–Trinajstić information content (AvgIpc) is 3.09. The van der Waals surface area contributed by atoms with E-state index < -0.39 is 5.97 Å². The molecule has 142 valence electrons. The third-order valence-corrected chi connectivity index (χ3v) is 5.20. The molecule has 0 aliphatic carbocycles. The minimum atomic E-state index is -0.911. The lowest BCUT2D eigenvalue weighted by Gasteiger charge is -2.22. The number of aliphatic carboxylic acids is 1. The number of allylic oxidation sites excluding steroid dienone is 3. The maximum Gasteiger partial charge on any atom is 0.327 e. The van der Waals surface area contributed by atoms with Crippen LogP contribution in [0.1, 0.15) is 44.1 Å². The van der Waals surface area contributed by atoms with Crippen molar-refractivity contribution in [2.24, 2.45) is 11.8 Å². The summed E-state index contributed by atoms with van der Waals surface area (Å²) < 4.78 is 5.65. The number of carboxylic acids is 1. The second-order valence-corrected chi connectivity index (χ2v) is 7.09. The molecule has 0 spiro atoms. The van der Waals surface area contributed by atoms with Crippen molar-refractivity contribution in [1.82, 2.24) is 0 Å². The highest BCUT2D eigenvalue weighted by Gasteiger charge is 2.28. The summed E-state index contributed by atoms with van der Waals surface area (Å²) in [6.45, 7) is 3.62. The van der Waals surface area contributed by atoms with Crippen LogP contribution in [-0.2, 0) is 9.53 Å². The molecule has 1 aliphatic rings. The SMILES string of the molecule is CC(c1ccccc1)C(O)CC[C@H]1COC[C@H]1CC=CCC=CC(=O)O. The Morgan fingerprint density at radius 2 is 1.92 bits per heavy atom. The van der Waals surface area contributed by atoms with Crippen molar-refractivity contribution >= 4 is 5.97 Å². The number of aliphatic hydroxyl groups is 1. The molecule has 0 saturated carbocycles. The molecular weight excluding hydrogens is 328 g/mol. The van der Waals surface area contributed by atoms with Crippen LogP contribution in [0.15, 0.2) is 54.6 Å². The van der Waals surface area contributed by atoms with Crippen molar-refractivity contribution < 1.29 is 19.7 Å². The van der Waals surface area contributed by atoms with Gasteiger partial charge in [0.25, 0.3) is 0 Å². The Morgan fingerprint density at radius 1 is 1.19 bits per heavy atom. The van der Waals surface area contributed by atoms with E-state index in [1.54, 1.807) is 6.08 Å². The minimum absolute atomic E-state index is 0.137. The van der Waals surface area contributed by atoms with Gasteiger partial charge < -0.3 is 14.9 Å². The van der Waals surface area contributed by atoms with Crippen LogP contribution >= 0.6 is 0 Å². The zero-order chi connectivity index (χ0) is 18.8. The van der Waals surface area contributed by atoms with Gasteiger partial charge in [-0.3, -0.25) is 0 Å². The van der Waals surface area contributed by atoms with Gasteiger partial charge >= 0.3 is 5.97 Å².